The average Bonchev–Trinajstić information content (AvgIpc) is 2.42. The SMILES string of the molecule is COc1cc(CN2CCOCC2)ccc1N=C=S. The molecule has 2 rings (SSSR count). The summed E-state index contributed by atoms with van der Waals surface area (Å²) < 4.78 is 10.6. The van der Waals surface area contributed by atoms with Gasteiger partial charge in [0.05, 0.1) is 25.5 Å². The molecule has 0 unspecified atom stereocenters. The van der Waals surface area contributed by atoms with E-state index in [0.29, 0.717) is 0 Å². The van der Waals surface area contributed by atoms with Crippen LogP contribution in [0.1, 0.15) is 5.56 Å². The molecular formula is C13H16N2O2S. The fraction of sp³-hybridized carbons (Fsp3) is 0.462. The van der Waals surface area contributed by atoms with E-state index in [4.69, 9.17) is 9.47 Å². The highest BCUT2D eigenvalue weighted by atomic mass is 32.1. The Morgan fingerprint density at radius 2 is 2.22 bits per heavy atom. The first-order chi connectivity index (χ1) is 8.83. The summed E-state index contributed by atoms with van der Waals surface area (Å²) in [6.45, 7) is 4.47. The highest BCUT2D eigenvalue weighted by molar-refractivity contribution is 7.78. The zero-order chi connectivity index (χ0) is 12.8. The standard InChI is InChI=1S/C13H16N2O2S/c1-16-13-8-11(2-3-12(13)14-10-18)9-15-4-6-17-7-5-15/h2-3,8H,4-7,9H2,1H3. The third-order valence-corrected chi connectivity index (χ3v) is 3.01. The molecule has 0 aliphatic carbocycles. The number of hydrogen-bond acceptors (Lipinski definition) is 5. The van der Waals surface area contributed by atoms with Crippen LogP contribution in [0.2, 0.25) is 0 Å². The van der Waals surface area contributed by atoms with Crippen molar-refractivity contribution in [2.75, 3.05) is 33.4 Å². The summed E-state index contributed by atoms with van der Waals surface area (Å²) in [5.74, 6) is 0.734. The number of benzene rings is 1. The summed E-state index contributed by atoms with van der Waals surface area (Å²) in [6, 6.07) is 5.96. The Kier molecular flexibility index (Phi) is 4.84. The van der Waals surface area contributed by atoms with Crippen molar-refractivity contribution >= 4 is 23.1 Å². The van der Waals surface area contributed by atoms with Crippen LogP contribution < -0.4 is 4.74 Å². The van der Waals surface area contributed by atoms with Crippen LogP contribution in [0.15, 0.2) is 23.2 Å². The van der Waals surface area contributed by atoms with E-state index in [2.05, 4.69) is 27.3 Å². The van der Waals surface area contributed by atoms with Crippen molar-refractivity contribution in [3.05, 3.63) is 23.8 Å². The molecule has 1 aromatic rings. The molecule has 18 heavy (non-hydrogen) atoms. The maximum absolute atomic E-state index is 5.33. The molecule has 0 N–H and O–H groups in total. The van der Waals surface area contributed by atoms with Gasteiger partial charge in [0.1, 0.15) is 11.4 Å². The zero-order valence-corrected chi connectivity index (χ0v) is 11.2. The van der Waals surface area contributed by atoms with E-state index in [1.807, 2.05) is 18.2 Å². The molecule has 0 bridgehead atoms. The van der Waals surface area contributed by atoms with Crippen molar-refractivity contribution in [1.29, 1.82) is 0 Å². The van der Waals surface area contributed by atoms with E-state index in [0.717, 1.165) is 44.3 Å². The van der Waals surface area contributed by atoms with E-state index < -0.39 is 0 Å². The molecule has 0 radical (unpaired) electrons. The summed E-state index contributed by atoms with van der Waals surface area (Å²) in [4.78, 5) is 6.33. The lowest BCUT2D eigenvalue weighted by Crippen LogP contribution is -2.35. The Hall–Kier alpha value is -1.26. The smallest absolute Gasteiger partial charge is 0.145 e. The predicted molar refractivity (Wildman–Crippen MR) is 73.8 cm³/mol. The molecule has 0 spiro atoms. The van der Waals surface area contributed by atoms with Gasteiger partial charge in [-0.2, -0.15) is 4.99 Å². The van der Waals surface area contributed by atoms with E-state index in [1.165, 1.54) is 5.56 Å². The van der Waals surface area contributed by atoms with Gasteiger partial charge in [0.25, 0.3) is 0 Å². The summed E-state index contributed by atoms with van der Waals surface area (Å²) in [7, 11) is 1.64. The monoisotopic (exact) mass is 264 g/mol. The van der Waals surface area contributed by atoms with E-state index in [1.54, 1.807) is 7.11 Å². The molecule has 0 aromatic heterocycles. The van der Waals surface area contributed by atoms with Crippen LogP contribution in [0.3, 0.4) is 0 Å². The number of thiocarbonyl (C=S) groups is 1. The van der Waals surface area contributed by atoms with Crippen LogP contribution in [0, 0.1) is 0 Å². The molecule has 0 atom stereocenters. The van der Waals surface area contributed by atoms with Gasteiger partial charge in [0.2, 0.25) is 0 Å². The third kappa shape index (κ3) is 3.37. The lowest BCUT2D eigenvalue weighted by Gasteiger charge is -2.26. The summed E-state index contributed by atoms with van der Waals surface area (Å²) >= 11 is 4.61. The summed E-state index contributed by atoms with van der Waals surface area (Å²) in [6.07, 6.45) is 0. The fourth-order valence-electron chi connectivity index (χ4n) is 1.98. The summed E-state index contributed by atoms with van der Waals surface area (Å²) in [5, 5.41) is 2.36. The number of methoxy groups -OCH3 is 1. The Morgan fingerprint density at radius 3 is 2.89 bits per heavy atom. The van der Waals surface area contributed by atoms with Gasteiger partial charge >= 0.3 is 0 Å². The van der Waals surface area contributed by atoms with Crippen LogP contribution in [0.5, 0.6) is 5.75 Å². The van der Waals surface area contributed by atoms with E-state index in [-0.39, 0.29) is 0 Å². The summed E-state index contributed by atoms with van der Waals surface area (Å²) in [5.41, 5.74) is 1.93. The van der Waals surface area contributed by atoms with Crippen LogP contribution in [-0.4, -0.2) is 43.5 Å². The molecule has 4 nitrogen and oxygen atoms in total. The number of ether oxygens (including phenoxy) is 2. The van der Waals surface area contributed by atoms with Crippen molar-refractivity contribution < 1.29 is 9.47 Å². The number of isothiocyanates is 1. The van der Waals surface area contributed by atoms with Crippen molar-refractivity contribution in [1.82, 2.24) is 4.90 Å². The van der Waals surface area contributed by atoms with Gasteiger partial charge in [-0.05, 0) is 29.9 Å². The number of aliphatic imine (C=N–C) groups is 1. The van der Waals surface area contributed by atoms with E-state index >= 15 is 0 Å². The van der Waals surface area contributed by atoms with Crippen molar-refractivity contribution in [3.8, 4) is 5.75 Å². The van der Waals surface area contributed by atoms with Gasteiger partial charge in [-0.25, -0.2) is 0 Å². The van der Waals surface area contributed by atoms with Crippen LogP contribution in [-0.2, 0) is 11.3 Å². The second-order valence-electron chi connectivity index (χ2n) is 4.10. The molecule has 1 aliphatic heterocycles. The van der Waals surface area contributed by atoms with Gasteiger partial charge in [0, 0.05) is 19.6 Å². The number of rotatable bonds is 4. The lowest BCUT2D eigenvalue weighted by molar-refractivity contribution is 0.0342. The van der Waals surface area contributed by atoms with Gasteiger partial charge < -0.3 is 9.47 Å². The predicted octanol–water partition coefficient (Wildman–Crippen LogP) is 2.26. The zero-order valence-electron chi connectivity index (χ0n) is 10.4. The Balaban J connectivity index is 2.11. The van der Waals surface area contributed by atoms with Gasteiger partial charge in [-0.3, -0.25) is 4.90 Å². The lowest BCUT2D eigenvalue weighted by atomic mass is 10.1. The van der Waals surface area contributed by atoms with Crippen molar-refractivity contribution in [2.45, 2.75) is 6.54 Å². The molecule has 1 aromatic carbocycles. The largest absolute Gasteiger partial charge is 0.494 e. The topological polar surface area (TPSA) is 34.1 Å². The molecule has 1 saturated heterocycles. The second-order valence-corrected chi connectivity index (χ2v) is 4.28. The number of nitrogens with zero attached hydrogens (tertiary/aromatic N) is 2. The van der Waals surface area contributed by atoms with E-state index in [9.17, 15) is 0 Å². The average molecular weight is 264 g/mol. The minimum Gasteiger partial charge on any atom is -0.494 e. The van der Waals surface area contributed by atoms with Crippen LogP contribution >= 0.6 is 12.2 Å². The normalized spacial score (nSPS) is 16.1. The highest BCUT2D eigenvalue weighted by Gasteiger charge is 2.11. The van der Waals surface area contributed by atoms with Crippen molar-refractivity contribution in [2.24, 2.45) is 4.99 Å². The minimum atomic E-state index is 0.721. The van der Waals surface area contributed by atoms with Gasteiger partial charge in [-0.15, -0.1) is 0 Å². The minimum absolute atomic E-state index is 0.721. The molecule has 5 heteroatoms. The molecule has 1 aliphatic rings. The van der Waals surface area contributed by atoms with Crippen LogP contribution in [0.25, 0.3) is 0 Å². The van der Waals surface area contributed by atoms with Crippen molar-refractivity contribution in [3.63, 3.8) is 0 Å². The first kappa shape index (κ1) is 13.2. The van der Waals surface area contributed by atoms with Gasteiger partial charge in [0.15, 0.2) is 0 Å². The Morgan fingerprint density at radius 1 is 1.44 bits per heavy atom. The first-order valence-electron chi connectivity index (χ1n) is 5.88. The fourth-order valence-corrected chi connectivity index (χ4v) is 2.08. The molecule has 1 fully saturated rings. The molecule has 0 amide bonds. The Labute approximate surface area is 112 Å². The molecule has 1 heterocycles. The number of morpholine rings is 1. The number of hydrogen-bond donors (Lipinski definition) is 0. The maximum atomic E-state index is 5.33. The molecular weight excluding hydrogens is 248 g/mol. The Bertz CT molecular complexity index is 452. The molecule has 0 saturated carbocycles. The van der Waals surface area contributed by atoms with Gasteiger partial charge in [-0.1, -0.05) is 6.07 Å². The second kappa shape index (κ2) is 6.61. The third-order valence-electron chi connectivity index (χ3n) is 2.92. The highest BCUT2D eigenvalue weighted by Crippen LogP contribution is 2.28. The maximum Gasteiger partial charge on any atom is 0.145 e. The van der Waals surface area contributed by atoms with Crippen LogP contribution in [0.4, 0.5) is 5.69 Å². The quantitative estimate of drug-likeness (QED) is 0.617. The first-order valence-corrected chi connectivity index (χ1v) is 6.29. The molecule has 96 valence electrons.